The van der Waals surface area contributed by atoms with Gasteiger partial charge in [0.15, 0.2) is 9.84 Å². The molecule has 0 spiro atoms. The molecule has 1 aromatic rings. The van der Waals surface area contributed by atoms with E-state index in [1.54, 1.807) is 0 Å². The lowest BCUT2D eigenvalue weighted by atomic mass is 9.96. The lowest BCUT2D eigenvalue weighted by Gasteiger charge is -2.30. The Labute approximate surface area is 134 Å². The first-order valence-corrected chi connectivity index (χ1v) is 9.11. The van der Waals surface area contributed by atoms with Crippen LogP contribution < -0.4 is 5.73 Å². The van der Waals surface area contributed by atoms with Gasteiger partial charge < -0.3 is 10.6 Å². The average molecular weight is 342 g/mol. The maximum absolute atomic E-state index is 13.1. The van der Waals surface area contributed by atoms with Crippen LogP contribution in [0.25, 0.3) is 0 Å². The molecule has 1 aromatic carbocycles. The highest BCUT2D eigenvalue weighted by molar-refractivity contribution is 7.91. The summed E-state index contributed by atoms with van der Waals surface area (Å²) in [6.07, 6.45) is 0.899. The van der Waals surface area contributed by atoms with Crippen molar-refractivity contribution < 1.29 is 22.4 Å². The van der Waals surface area contributed by atoms with Gasteiger partial charge in [0.1, 0.15) is 11.6 Å². The number of hydrogen-bond donors (Lipinski definition) is 1. The van der Waals surface area contributed by atoms with Gasteiger partial charge in [-0.25, -0.2) is 12.8 Å². The van der Waals surface area contributed by atoms with E-state index in [0.29, 0.717) is 31.5 Å². The van der Waals surface area contributed by atoms with Crippen molar-refractivity contribution in [1.82, 2.24) is 4.90 Å². The summed E-state index contributed by atoms with van der Waals surface area (Å²) in [7, 11) is -3.68. The molecule has 0 saturated carbocycles. The quantitative estimate of drug-likeness (QED) is 0.841. The first-order valence-electron chi connectivity index (χ1n) is 7.29. The number of hydrogen-bond acceptors (Lipinski definition) is 4. The molecular weight excluding hydrogens is 323 g/mol. The Bertz CT molecular complexity index is 697. The standard InChI is InChI=1S/C15H19FN2O4S/c16-13-3-1-2-11(8-13)9-23(21,22)10-14(19)18-6-4-12(5-7-18)15(17)20/h1-3,8,12H,4-7,9-10H2,(H2,17,20). The third-order valence-corrected chi connectivity index (χ3v) is 5.33. The second-order valence-corrected chi connectivity index (χ2v) is 7.78. The normalized spacial score (nSPS) is 16.3. The first kappa shape index (κ1) is 17.4. The molecule has 2 N–H and O–H groups in total. The van der Waals surface area contributed by atoms with Crippen molar-refractivity contribution in [2.24, 2.45) is 11.7 Å². The summed E-state index contributed by atoms with van der Waals surface area (Å²) < 4.78 is 37.3. The zero-order valence-corrected chi connectivity index (χ0v) is 13.4. The van der Waals surface area contributed by atoms with Gasteiger partial charge in [0.05, 0.1) is 5.75 Å². The Hall–Kier alpha value is -1.96. The van der Waals surface area contributed by atoms with Gasteiger partial charge in [-0.3, -0.25) is 9.59 Å². The van der Waals surface area contributed by atoms with Gasteiger partial charge in [0, 0.05) is 19.0 Å². The zero-order chi connectivity index (χ0) is 17.0. The number of piperidine rings is 1. The van der Waals surface area contributed by atoms with Crippen molar-refractivity contribution in [2.45, 2.75) is 18.6 Å². The summed E-state index contributed by atoms with van der Waals surface area (Å²) in [6, 6.07) is 5.30. The molecule has 0 aromatic heterocycles. The Morgan fingerprint density at radius 2 is 1.91 bits per heavy atom. The number of sulfone groups is 1. The molecule has 0 aliphatic carbocycles. The topological polar surface area (TPSA) is 97.5 Å². The predicted molar refractivity (Wildman–Crippen MR) is 82.4 cm³/mol. The third-order valence-electron chi connectivity index (χ3n) is 3.87. The summed E-state index contributed by atoms with van der Waals surface area (Å²) in [4.78, 5) is 24.6. The van der Waals surface area contributed by atoms with E-state index in [1.165, 1.54) is 23.1 Å². The van der Waals surface area contributed by atoms with Gasteiger partial charge >= 0.3 is 0 Å². The van der Waals surface area contributed by atoms with Crippen molar-refractivity contribution in [3.8, 4) is 0 Å². The number of nitrogens with two attached hydrogens (primary N) is 1. The van der Waals surface area contributed by atoms with E-state index in [4.69, 9.17) is 5.73 Å². The van der Waals surface area contributed by atoms with Crippen LogP contribution >= 0.6 is 0 Å². The van der Waals surface area contributed by atoms with Crippen molar-refractivity contribution in [3.63, 3.8) is 0 Å². The molecule has 1 aliphatic rings. The number of primary amides is 1. The van der Waals surface area contributed by atoms with E-state index in [-0.39, 0.29) is 11.7 Å². The zero-order valence-electron chi connectivity index (χ0n) is 12.6. The second-order valence-electron chi connectivity index (χ2n) is 5.72. The summed E-state index contributed by atoms with van der Waals surface area (Å²) >= 11 is 0. The van der Waals surface area contributed by atoms with Gasteiger partial charge in [-0.15, -0.1) is 0 Å². The Balaban J connectivity index is 1.93. The van der Waals surface area contributed by atoms with Gasteiger partial charge in [-0.05, 0) is 30.5 Å². The average Bonchev–Trinajstić information content (AvgIpc) is 2.46. The third kappa shape index (κ3) is 5.02. The first-order chi connectivity index (χ1) is 10.8. The maximum Gasteiger partial charge on any atom is 0.237 e. The number of halogens is 1. The van der Waals surface area contributed by atoms with Crippen molar-refractivity contribution in [2.75, 3.05) is 18.8 Å². The fraction of sp³-hybridized carbons (Fsp3) is 0.467. The SMILES string of the molecule is NC(=O)C1CCN(C(=O)CS(=O)(=O)Cc2cccc(F)c2)CC1. The van der Waals surface area contributed by atoms with E-state index in [9.17, 15) is 22.4 Å². The van der Waals surface area contributed by atoms with E-state index in [1.807, 2.05) is 0 Å². The summed E-state index contributed by atoms with van der Waals surface area (Å²) in [6.45, 7) is 0.643. The minimum atomic E-state index is -3.68. The van der Waals surface area contributed by atoms with Gasteiger partial charge in [0.2, 0.25) is 11.8 Å². The number of carbonyl (C=O) groups is 2. The van der Waals surface area contributed by atoms with Crippen LogP contribution in [0.4, 0.5) is 4.39 Å². The Morgan fingerprint density at radius 3 is 2.48 bits per heavy atom. The minimum absolute atomic E-state index is 0.261. The monoisotopic (exact) mass is 342 g/mol. The molecule has 23 heavy (non-hydrogen) atoms. The number of benzene rings is 1. The van der Waals surface area contributed by atoms with Crippen LogP contribution in [0.2, 0.25) is 0 Å². The van der Waals surface area contributed by atoms with Crippen LogP contribution in [-0.2, 0) is 25.2 Å². The highest BCUT2D eigenvalue weighted by atomic mass is 32.2. The van der Waals surface area contributed by atoms with Crippen LogP contribution in [-0.4, -0.2) is 44.0 Å². The number of likely N-dealkylation sites (tertiary alicyclic amines) is 1. The molecule has 0 bridgehead atoms. The smallest absolute Gasteiger partial charge is 0.237 e. The van der Waals surface area contributed by atoms with E-state index in [0.717, 1.165) is 6.07 Å². The van der Waals surface area contributed by atoms with Crippen LogP contribution in [0, 0.1) is 11.7 Å². The minimum Gasteiger partial charge on any atom is -0.369 e. The number of nitrogens with zero attached hydrogens (tertiary/aromatic N) is 1. The molecule has 0 unspecified atom stereocenters. The largest absolute Gasteiger partial charge is 0.369 e. The fourth-order valence-corrected chi connectivity index (χ4v) is 3.97. The van der Waals surface area contributed by atoms with E-state index < -0.39 is 33.2 Å². The molecule has 1 aliphatic heterocycles. The number of carbonyl (C=O) groups excluding carboxylic acids is 2. The fourth-order valence-electron chi connectivity index (χ4n) is 2.62. The molecular formula is C15H19FN2O4S. The van der Waals surface area contributed by atoms with Crippen molar-refractivity contribution in [1.29, 1.82) is 0 Å². The molecule has 0 atom stereocenters. The lowest BCUT2D eigenvalue weighted by Crippen LogP contribution is -2.44. The van der Waals surface area contributed by atoms with Crippen LogP contribution in [0.5, 0.6) is 0 Å². The van der Waals surface area contributed by atoms with Crippen molar-refractivity contribution >= 4 is 21.7 Å². The van der Waals surface area contributed by atoms with Gasteiger partial charge in [-0.1, -0.05) is 12.1 Å². The van der Waals surface area contributed by atoms with Gasteiger partial charge in [-0.2, -0.15) is 0 Å². The van der Waals surface area contributed by atoms with Crippen LogP contribution in [0.3, 0.4) is 0 Å². The molecule has 0 radical (unpaired) electrons. The van der Waals surface area contributed by atoms with E-state index >= 15 is 0 Å². The summed E-state index contributed by atoms with van der Waals surface area (Å²) in [5.74, 6) is -2.67. The van der Waals surface area contributed by atoms with Crippen molar-refractivity contribution in [3.05, 3.63) is 35.6 Å². The number of amides is 2. The van der Waals surface area contributed by atoms with Crippen LogP contribution in [0.1, 0.15) is 18.4 Å². The highest BCUT2D eigenvalue weighted by Gasteiger charge is 2.28. The lowest BCUT2D eigenvalue weighted by molar-refractivity contribution is -0.132. The molecule has 1 saturated heterocycles. The highest BCUT2D eigenvalue weighted by Crippen LogP contribution is 2.17. The molecule has 1 heterocycles. The molecule has 2 rings (SSSR count). The van der Waals surface area contributed by atoms with E-state index in [2.05, 4.69) is 0 Å². The Kier molecular flexibility index (Phi) is 5.35. The summed E-state index contributed by atoms with van der Waals surface area (Å²) in [5.41, 5.74) is 5.53. The molecule has 8 heteroatoms. The van der Waals surface area contributed by atoms with Crippen LogP contribution in [0.15, 0.2) is 24.3 Å². The molecule has 6 nitrogen and oxygen atoms in total. The second kappa shape index (κ2) is 7.08. The molecule has 1 fully saturated rings. The predicted octanol–water partition coefficient (Wildman–Crippen LogP) is 0.464. The molecule has 126 valence electrons. The number of rotatable bonds is 5. The summed E-state index contributed by atoms with van der Waals surface area (Å²) in [5, 5.41) is 0. The maximum atomic E-state index is 13.1. The Morgan fingerprint density at radius 1 is 1.26 bits per heavy atom. The molecule has 2 amide bonds. The van der Waals surface area contributed by atoms with Gasteiger partial charge in [0.25, 0.3) is 0 Å².